The molecule has 9 nitrogen and oxygen atoms in total. The average Bonchev–Trinajstić information content (AvgIpc) is 3.42. The molecule has 3 aromatic carbocycles. The molecule has 1 atom stereocenters. The molecule has 0 aliphatic carbocycles. The second-order valence-electron chi connectivity index (χ2n) is 9.95. The van der Waals surface area contributed by atoms with E-state index in [2.05, 4.69) is 20.6 Å². The van der Waals surface area contributed by atoms with Crippen molar-refractivity contribution in [3.05, 3.63) is 98.8 Å². The van der Waals surface area contributed by atoms with Crippen molar-refractivity contribution in [3.8, 4) is 17.2 Å². The molecule has 2 aliphatic rings. The number of urea groups is 1. The fraction of sp³-hybridized carbons (Fsp3) is 0.138. The Kier molecular flexibility index (Phi) is 6.85. The van der Waals surface area contributed by atoms with Crippen LogP contribution >= 0.6 is 11.6 Å². The van der Waals surface area contributed by atoms with E-state index in [1.165, 1.54) is 23.2 Å². The van der Waals surface area contributed by atoms with Crippen molar-refractivity contribution in [1.82, 2.24) is 15.3 Å². The Morgan fingerprint density at radius 2 is 1.91 bits per heavy atom. The van der Waals surface area contributed by atoms with Crippen LogP contribution in [0.15, 0.2) is 48.7 Å². The van der Waals surface area contributed by atoms with E-state index in [0.29, 0.717) is 28.9 Å². The number of amides is 3. The number of anilines is 3. The summed E-state index contributed by atoms with van der Waals surface area (Å²) in [5, 5.41) is 15.1. The molecule has 0 fully saturated rings. The van der Waals surface area contributed by atoms with Gasteiger partial charge in [0.05, 0.1) is 17.3 Å². The molecule has 2 aliphatic heterocycles. The number of hydrogen-bond donors (Lipinski definition) is 3. The maximum Gasteiger partial charge on any atom is 0.416 e. The first-order valence-corrected chi connectivity index (χ1v) is 13.2. The zero-order valence-electron chi connectivity index (χ0n) is 22.1. The van der Waals surface area contributed by atoms with Crippen LogP contribution in [0.25, 0.3) is 11.1 Å². The summed E-state index contributed by atoms with van der Waals surface area (Å²) >= 11 is 6.42. The number of carbonyl (C=O) groups is 2. The fourth-order valence-electron chi connectivity index (χ4n) is 5.46. The molecule has 3 amide bonds. The zero-order chi connectivity index (χ0) is 31.5. The molecule has 1 aromatic heterocycles. The second-order valence-corrected chi connectivity index (χ2v) is 10.4. The normalized spacial score (nSPS) is 15.4. The van der Waals surface area contributed by atoms with E-state index in [-0.39, 0.29) is 58.1 Å². The molecule has 0 spiro atoms. The molecular weight excluding hydrogens is 609 g/mol. The fourth-order valence-corrected chi connectivity index (χ4v) is 5.69. The van der Waals surface area contributed by atoms with Gasteiger partial charge in [-0.3, -0.25) is 9.69 Å². The van der Waals surface area contributed by atoms with E-state index in [9.17, 15) is 36.8 Å². The third-order valence-corrected chi connectivity index (χ3v) is 7.65. The maximum absolute atomic E-state index is 14.4. The highest BCUT2D eigenvalue weighted by Gasteiger charge is 2.41. The first-order chi connectivity index (χ1) is 20.8. The summed E-state index contributed by atoms with van der Waals surface area (Å²) in [6.07, 6.45) is -3.35. The largest absolute Gasteiger partial charge is 0.416 e. The predicted molar refractivity (Wildman–Crippen MR) is 149 cm³/mol. The van der Waals surface area contributed by atoms with Crippen LogP contribution in [0.2, 0.25) is 5.02 Å². The molecule has 0 radical (unpaired) electrons. The highest BCUT2D eigenvalue weighted by Crippen LogP contribution is 2.50. The van der Waals surface area contributed by atoms with Gasteiger partial charge in [0, 0.05) is 45.7 Å². The second kappa shape index (κ2) is 10.5. The average molecular weight is 626 g/mol. The summed E-state index contributed by atoms with van der Waals surface area (Å²) in [4.78, 5) is 36.0. The van der Waals surface area contributed by atoms with Crippen molar-refractivity contribution < 1.29 is 31.5 Å². The number of carbonyl (C=O) groups excluding carboxylic acids is 2. The Balaban J connectivity index is 1.60. The van der Waals surface area contributed by atoms with Crippen molar-refractivity contribution in [2.24, 2.45) is 0 Å². The van der Waals surface area contributed by atoms with Crippen LogP contribution in [0.3, 0.4) is 0 Å². The van der Waals surface area contributed by atoms with Gasteiger partial charge in [0.1, 0.15) is 17.7 Å². The van der Waals surface area contributed by atoms with Gasteiger partial charge in [-0.15, -0.1) is 0 Å². The molecule has 4 N–H and O–H groups in total. The number of nitrogens with two attached hydrogens (primary N) is 1. The lowest BCUT2D eigenvalue weighted by Gasteiger charge is -2.35. The Morgan fingerprint density at radius 1 is 1.14 bits per heavy atom. The highest BCUT2D eigenvalue weighted by molar-refractivity contribution is 6.31. The summed E-state index contributed by atoms with van der Waals surface area (Å²) in [5.74, 6) is -3.25. The summed E-state index contributed by atoms with van der Waals surface area (Å²) in [6, 6.07) is 6.57. The van der Waals surface area contributed by atoms with Gasteiger partial charge in [0.2, 0.25) is 5.95 Å². The van der Waals surface area contributed by atoms with Crippen LogP contribution in [-0.2, 0) is 12.6 Å². The summed E-state index contributed by atoms with van der Waals surface area (Å²) in [6.45, 7) is 0.179. The van der Waals surface area contributed by atoms with Gasteiger partial charge >= 0.3 is 12.2 Å². The first-order valence-electron chi connectivity index (χ1n) is 12.8. The van der Waals surface area contributed by atoms with Crippen molar-refractivity contribution in [3.63, 3.8) is 0 Å². The molecule has 4 aromatic rings. The van der Waals surface area contributed by atoms with Gasteiger partial charge in [0.15, 0.2) is 5.69 Å². The monoisotopic (exact) mass is 625 g/mol. The first kappa shape index (κ1) is 28.8. The summed E-state index contributed by atoms with van der Waals surface area (Å²) in [7, 11) is 0. The number of benzene rings is 3. The third kappa shape index (κ3) is 4.90. The SMILES string of the molecule is N#Cc1nc(N)ncc1-c1cc(NC(=O)c2cc(F)cc(C(F)(F)F)c2)c2c3c1CCN3C(=O)NC2c1cc(F)ccc1Cl. The lowest BCUT2D eigenvalue weighted by Crippen LogP contribution is -2.46. The molecule has 222 valence electrons. The van der Waals surface area contributed by atoms with E-state index in [1.54, 1.807) is 0 Å². The Hall–Kier alpha value is -5.29. The number of alkyl halides is 3. The van der Waals surface area contributed by atoms with Crippen LogP contribution in [0.5, 0.6) is 0 Å². The Labute approximate surface area is 250 Å². The number of aromatic nitrogens is 2. The lowest BCUT2D eigenvalue weighted by atomic mass is 9.87. The smallest absolute Gasteiger partial charge is 0.368 e. The number of nitriles is 1. The van der Waals surface area contributed by atoms with Crippen LogP contribution < -0.4 is 21.3 Å². The molecular formula is C29H17ClF5N7O2. The molecule has 0 saturated carbocycles. The number of hydrogen-bond acceptors (Lipinski definition) is 6. The van der Waals surface area contributed by atoms with Crippen LogP contribution in [0.1, 0.15) is 44.3 Å². The number of nitrogens with one attached hydrogen (secondary N) is 2. The van der Waals surface area contributed by atoms with Crippen LogP contribution in [-0.4, -0.2) is 28.5 Å². The number of nitrogen functional groups attached to an aromatic ring is 1. The molecule has 0 saturated heterocycles. The Bertz CT molecular complexity index is 1940. The minimum absolute atomic E-state index is 0.0421. The summed E-state index contributed by atoms with van der Waals surface area (Å²) < 4.78 is 68.9. The van der Waals surface area contributed by atoms with Gasteiger partial charge < -0.3 is 16.4 Å². The zero-order valence-corrected chi connectivity index (χ0v) is 22.8. The standard InChI is InChI=1S/C29H17ClF5N7O2/c30-20-2-1-14(31)8-18(20)24-23-21(39-26(43)12-5-13(29(33,34)35)7-15(32)6-12)9-17(19-11-38-27(37)40-22(19)10-36)16-3-4-42(25(16)23)28(44)41-24/h1-2,5-9,11,24H,3-4H2,(H,39,43)(H,41,44)(H2,37,38,40). The number of rotatable bonds is 4. The van der Waals surface area contributed by atoms with Crippen LogP contribution in [0.4, 0.5) is 44.1 Å². The van der Waals surface area contributed by atoms with E-state index >= 15 is 0 Å². The minimum Gasteiger partial charge on any atom is -0.368 e. The quantitative estimate of drug-likeness (QED) is 0.239. The molecule has 15 heteroatoms. The third-order valence-electron chi connectivity index (χ3n) is 7.31. The van der Waals surface area contributed by atoms with Crippen molar-refractivity contribution in [2.75, 3.05) is 22.5 Å². The Morgan fingerprint density at radius 3 is 2.64 bits per heavy atom. The molecule has 0 bridgehead atoms. The van der Waals surface area contributed by atoms with Gasteiger partial charge in [0.25, 0.3) is 5.91 Å². The van der Waals surface area contributed by atoms with Gasteiger partial charge in [-0.05, 0) is 60.0 Å². The van der Waals surface area contributed by atoms with E-state index in [4.69, 9.17) is 17.3 Å². The number of halogens is 6. The van der Waals surface area contributed by atoms with Crippen LogP contribution in [0, 0.1) is 23.0 Å². The number of nitrogens with zero attached hydrogens (tertiary/aromatic N) is 4. The lowest BCUT2D eigenvalue weighted by molar-refractivity contribution is -0.137. The maximum atomic E-state index is 14.4. The van der Waals surface area contributed by atoms with Crippen molar-refractivity contribution in [1.29, 1.82) is 5.26 Å². The van der Waals surface area contributed by atoms with E-state index in [1.807, 2.05) is 6.07 Å². The molecule has 1 unspecified atom stereocenters. The van der Waals surface area contributed by atoms with Gasteiger partial charge in [-0.25, -0.2) is 23.5 Å². The topological polar surface area (TPSA) is 137 Å². The van der Waals surface area contributed by atoms with Crippen molar-refractivity contribution >= 4 is 40.9 Å². The molecule has 6 rings (SSSR count). The molecule has 44 heavy (non-hydrogen) atoms. The highest BCUT2D eigenvalue weighted by atomic mass is 35.5. The molecule has 3 heterocycles. The van der Waals surface area contributed by atoms with Gasteiger partial charge in [-0.2, -0.15) is 18.4 Å². The van der Waals surface area contributed by atoms with Gasteiger partial charge in [-0.1, -0.05) is 11.6 Å². The summed E-state index contributed by atoms with van der Waals surface area (Å²) in [5.41, 5.74) is 5.26. The van der Waals surface area contributed by atoms with E-state index in [0.717, 1.165) is 12.1 Å². The minimum atomic E-state index is -4.93. The van der Waals surface area contributed by atoms with E-state index < -0.39 is 46.9 Å². The predicted octanol–water partition coefficient (Wildman–Crippen LogP) is 5.98. The van der Waals surface area contributed by atoms with Crippen molar-refractivity contribution in [2.45, 2.75) is 18.6 Å².